The van der Waals surface area contributed by atoms with Gasteiger partial charge in [-0.1, -0.05) is 6.07 Å². The van der Waals surface area contributed by atoms with Crippen LogP contribution in [0.3, 0.4) is 0 Å². The first kappa shape index (κ1) is 13.2. The molecule has 2 heterocycles. The highest BCUT2D eigenvalue weighted by molar-refractivity contribution is 7.99. The van der Waals surface area contributed by atoms with Gasteiger partial charge in [-0.25, -0.2) is 9.18 Å². The third kappa shape index (κ3) is 2.02. The summed E-state index contributed by atoms with van der Waals surface area (Å²) in [5.74, 6) is -0.621. The van der Waals surface area contributed by atoms with Crippen molar-refractivity contribution in [2.75, 3.05) is 24.7 Å². The average molecular weight is 296 g/mol. The maximum atomic E-state index is 14.6. The number of nitrogens with one attached hydrogen (secondary N) is 1. The lowest BCUT2D eigenvalue weighted by Crippen LogP contribution is -2.24. The van der Waals surface area contributed by atoms with Crippen LogP contribution in [0.5, 0.6) is 0 Å². The number of fused-ring (bicyclic) bond motifs is 1. The summed E-state index contributed by atoms with van der Waals surface area (Å²) in [6, 6.07) is 3.28. The summed E-state index contributed by atoms with van der Waals surface area (Å²) in [6.45, 7) is 0.949. The van der Waals surface area contributed by atoms with E-state index >= 15 is 0 Å². The zero-order chi connectivity index (χ0) is 14.3. The van der Waals surface area contributed by atoms with Gasteiger partial charge in [0.15, 0.2) is 0 Å². The summed E-state index contributed by atoms with van der Waals surface area (Å²) in [5, 5.41) is 2.13. The highest BCUT2D eigenvalue weighted by Gasteiger charge is 2.34. The third-order valence-corrected chi connectivity index (χ3v) is 4.38. The quantitative estimate of drug-likeness (QED) is 0.928. The Morgan fingerprint density at radius 1 is 1.50 bits per heavy atom. The van der Waals surface area contributed by atoms with E-state index < -0.39 is 17.2 Å². The van der Waals surface area contributed by atoms with E-state index in [1.54, 1.807) is 18.4 Å². The van der Waals surface area contributed by atoms with Gasteiger partial charge in [-0.15, -0.1) is 11.8 Å². The molecule has 0 spiro atoms. The van der Waals surface area contributed by atoms with Gasteiger partial charge >= 0.3 is 6.09 Å². The number of cyclic esters (lactones) is 1. The Balaban J connectivity index is 1.93. The van der Waals surface area contributed by atoms with Crippen LogP contribution in [0.2, 0.25) is 0 Å². The normalized spacial score (nSPS) is 20.9. The molecular weight excluding hydrogens is 283 g/mol. The number of amides is 2. The molecule has 2 aliphatic rings. The highest BCUT2D eigenvalue weighted by Crippen LogP contribution is 2.41. The van der Waals surface area contributed by atoms with E-state index in [-0.39, 0.29) is 12.5 Å². The summed E-state index contributed by atoms with van der Waals surface area (Å²) in [4.78, 5) is 24.6. The molecule has 2 aliphatic heterocycles. The van der Waals surface area contributed by atoms with Gasteiger partial charge in [0.2, 0.25) is 5.91 Å². The Hall–Kier alpha value is -1.76. The van der Waals surface area contributed by atoms with Crippen LogP contribution < -0.4 is 5.32 Å². The topological polar surface area (TPSA) is 58.6 Å². The van der Waals surface area contributed by atoms with Crippen LogP contribution in [0.4, 0.5) is 14.9 Å². The zero-order valence-electron chi connectivity index (χ0n) is 10.8. The van der Waals surface area contributed by atoms with E-state index in [9.17, 15) is 14.0 Å². The molecule has 20 heavy (non-hydrogen) atoms. The number of ether oxygens (including phenoxy) is 1. The van der Waals surface area contributed by atoms with E-state index in [0.29, 0.717) is 30.0 Å². The van der Waals surface area contributed by atoms with Gasteiger partial charge in [0.1, 0.15) is 17.7 Å². The predicted octanol–water partition coefficient (Wildman–Crippen LogP) is 2.13. The lowest BCUT2D eigenvalue weighted by atomic mass is 10.1. The maximum absolute atomic E-state index is 14.6. The Bertz CT molecular complexity index is 593. The van der Waals surface area contributed by atoms with E-state index in [2.05, 4.69) is 5.32 Å². The Kier molecular flexibility index (Phi) is 3.29. The lowest BCUT2D eigenvalue weighted by molar-refractivity contribution is -0.115. The van der Waals surface area contributed by atoms with Gasteiger partial charge < -0.3 is 15.0 Å². The Labute approximate surface area is 119 Å². The molecule has 0 aliphatic carbocycles. The predicted molar refractivity (Wildman–Crippen MR) is 73.0 cm³/mol. The Morgan fingerprint density at radius 3 is 2.95 bits per heavy atom. The molecule has 1 N–H and O–H groups in total. The maximum Gasteiger partial charge on any atom is 0.410 e. The molecular formula is C13H13FN2O3S. The minimum absolute atomic E-state index is 0.160. The number of thioether (sulfide) groups is 1. The van der Waals surface area contributed by atoms with Crippen molar-refractivity contribution < 1.29 is 18.7 Å². The van der Waals surface area contributed by atoms with Crippen LogP contribution in [-0.4, -0.2) is 36.3 Å². The van der Waals surface area contributed by atoms with Crippen molar-refractivity contribution in [2.24, 2.45) is 0 Å². The van der Waals surface area contributed by atoms with Gasteiger partial charge in [-0.2, -0.15) is 0 Å². The zero-order valence-corrected chi connectivity index (χ0v) is 11.6. The van der Waals surface area contributed by atoms with Gasteiger partial charge in [0.25, 0.3) is 0 Å². The first-order valence-electron chi connectivity index (χ1n) is 6.18. The molecule has 7 heteroatoms. The standard InChI is InChI=1S/C13H13FN2O3S/c1-20-11-9-8(15-12(11)17)3-2-7(10(9)14)6-16-4-5-19-13(16)18/h2-3,11H,4-6H2,1H3,(H,15,17). The minimum Gasteiger partial charge on any atom is -0.448 e. The first-order chi connectivity index (χ1) is 9.61. The molecule has 0 radical (unpaired) electrons. The Morgan fingerprint density at radius 2 is 2.30 bits per heavy atom. The number of carbonyl (C=O) groups is 2. The van der Waals surface area contributed by atoms with E-state index in [1.807, 2.05) is 0 Å². The molecule has 5 nitrogen and oxygen atoms in total. The molecule has 1 aromatic carbocycles. The number of rotatable bonds is 3. The van der Waals surface area contributed by atoms with Crippen LogP contribution >= 0.6 is 11.8 Å². The van der Waals surface area contributed by atoms with Gasteiger partial charge in [-0.3, -0.25) is 4.79 Å². The molecule has 1 atom stereocenters. The minimum atomic E-state index is -0.532. The smallest absolute Gasteiger partial charge is 0.410 e. The van der Waals surface area contributed by atoms with Crippen LogP contribution in [0.1, 0.15) is 16.4 Å². The average Bonchev–Trinajstić information content (AvgIpc) is 2.96. The SMILES string of the molecule is CSC1C(=O)Nc2ccc(CN3CCOC3=O)c(F)c21. The molecule has 0 aromatic heterocycles. The molecule has 0 bridgehead atoms. The summed E-state index contributed by atoms with van der Waals surface area (Å²) in [6.07, 6.45) is 1.34. The van der Waals surface area contributed by atoms with Crippen molar-refractivity contribution in [2.45, 2.75) is 11.8 Å². The van der Waals surface area contributed by atoms with E-state index in [1.165, 1.54) is 16.7 Å². The van der Waals surface area contributed by atoms with Crippen LogP contribution in [0.15, 0.2) is 12.1 Å². The van der Waals surface area contributed by atoms with Gasteiger partial charge in [0.05, 0.1) is 13.1 Å². The summed E-state index contributed by atoms with van der Waals surface area (Å²) >= 11 is 1.29. The second-order valence-corrected chi connectivity index (χ2v) is 5.58. The molecule has 106 valence electrons. The van der Waals surface area contributed by atoms with Crippen molar-refractivity contribution >= 4 is 29.4 Å². The molecule has 3 rings (SSSR count). The fraction of sp³-hybridized carbons (Fsp3) is 0.385. The third-order valence-electron chi connectivity index (χ3n) is 3.46. The summed E-state index contributed by atoms with van der Waals surface area (Å²) in [5.41, 5.74) is 1.30. The van der Waals surface area contributed by atoms with Crippen molar-refractivity contribution in [1.82, 2.24) is 4.90 Å². The molecule has 1 aromatic rings. The molecule has 1 saturated heterocycles. The van der Waals surface area contributed by atoms with Crippen LogP contribution in [-0.2, 0) is 16.1 Å². The number of hydrogen-bond donors (Lipinski definition) is 1. The van der Waals surface area contributed by atoms with Gasteiger partial charge in [0, 0.05) is 16.8 Å². The highest BCUT2D eigenvalue weighted by atomic mass is 32.2. The monoisotopic (exact) mass is 296 g/mol. The van der Waals surface area contributed by atoms with E-state index in [0.717, 1.165) is 0 Å². The molecule has 1 fully saturated rings. The lowest BCUT2D eigenvalue weighted by Gasteiger charge is -2.15. The molecule has 2 amide bonds. The summed E-state index contributed by atoms with van der Waals surface area (Å²) in [7, 11) is 0. The number of halogens is 1. The second-order valence-electron chi connectivity index (χ2n) is 4.64. The van der Waals surface area contributed by atoms with Crippen molar-refractivity contribution in [3.8, 4) is 0 Å². The second kappa shape index (κ2) is 4.97. The fourth-order valence-electron chi connectivity index (χ4n) is 2.45. The van der Waals surface area contributed by atoms with Crippen molar-refractivity contribution in [3.63, 3.8) is 0 Å². The van der Waals surface area contributed by atoms with E-state index in [4.69, 9.17) is 4.74 Å². The molecule has 0 saturated carbocycles. The largest absolute Gasteiger partial charge is 0.448 e. The molecule has 1 unspecified atom stereocenters. The van der Waals surface area contributed by atoms with Crippen molar-refractivity contribution in [3.05, 3.63) is 29.1 Å². The fourth-order valence-corrected chi connectivity index (χ4v) is 3.19. The number of carbonyl (C=O) groups excluding carboxylic acids is 2. The number of anilines is 1. The van der Waals surface area contributed by atoms with Crippen molar-refractivity contribution in [1.29, 1.82) is 0 Å². The van der Waals surface area contributed by atoms with Gasteiger partial charge in [-0.05, 0) is 12.3 Å². The van der Waals surface area contributed by atoms with Crippen LogP contribution in [0, 0.1) is 5.82 Å². The summed E-state index contributed by atoms with van der Waals surface area (Å²) < 4.78 is 19.4. The van der Waals surface area contributed by atoms with Crippen LogP contribution in [0.25, 0.3) is 0 Å². The number of hydrogen-bond acceptors (Lipinski definition) is 4. The number of nitrogens with zero attached hydrogens (tertiary/aromatic N) is 1. The number of benzene rings is 1. The first-order valence-corrected chi connectivity index (χ1v) is 7.47.